The van der Waals surface area contributed by atoms with Crippen LogP contribution in [0.2, 0.25) is 0 Å². The number of nitrogens with one attached hydrogen (secondary N) is 1. The first-order chi connectivity index (χ1) is 14.1. The standard InChI is InChI=1S/C26H33NO2/c1-26-14-13-21-20-10-8-19(29-2)15-17(20)7-9-22(21)23(26)11-12-25(26)27-16-18-5-3-4-6-24(18)28/h3-6,8,10,15,21-23,25,27-28H,7,9,11-14,16H2,1-2H3/t21?,22?,23?,25-,26?/m0/s1. The second-order valence-corrected chi connectivity index (χ2v) is 9.66. The van der Waals surface area contributed by atoms with Gasteiger partial charge in [-0.25, -0.2) is 0 Å². The number of phenolic OH excluding ortho intramolecular Hbond substituents is 1. The Bertz CT molecular complexity index is 894. The molecule has 0 bridgehead atoms. The van der Waals surface area contributed by atoms with E-state index in [1.54, 1.807) is 18.7 Å². The lowest BCUT2D eigenvalue weighted by Gasteiger charge is -2.51. The lowest BCUT2D eigenvalue weighted by molar-refractivity contribution is 0.0407. The van der Waals surface area contributed by atoms with E-state index in [-0.39, 0.29) is 0 Å². The fourth-order valence-corrected chi connectivity index (χ4v) is 6.91. The van der Waals surface area contributed by atoms with Gasteiger partial charge in [0, 0.05) is 18.2 Å². The molecule has 2 saturated carbocycles. The summed E-state index contributed by atoms with van der Waals surface area (Å²) in [6.07, 6.45) is 7.69. The van der Waals surface area contributed by atoms with Gasteiger partial charge < -0.3 is 15.2 Å². The maximum atomic E-state index is 10.1. The number of methoxy groups -OCH3 is 1. The normalized spacial score (nSPS) is 32.9. The number of para-hydroxylation sites is 1. The largest absolute Gasteiger partial charge is 0.508 e. The van der Waals surface area contributed by atoms with Crippen molar-refractivity contribution in [1.29, 1.82) is 0 Å². The van der Waals surface area contributed by atoms with Crippen molar-refractivity contribution in [2.45, 2.75) is 64.0 Å². The van der Waals surface area contributed by atoms with E-state index in [1.165, 1.54) is 44.1 Å². The molecular formula is C26H33NO2. The number of phenols is 1. The van der Waals surface area contributed by atoms with Crippen molar-refractivity contribution in [1.82, 2.24) is 5.32 Å². The molecule has 0 amide bonds. The number of hydrogen-bond acceptors (Lipinski definition) is 3. The van der Waals surface area contributed by atoms with Gasteiger partial charge in [0.05, 0.1) is 7.11 Å². The van der Waals surface area contributed by atoms with E-state index in [1.807, 2.05) is 18.2 Å². The van der Waals surface area contributed by atoms with Crippen LogP contribution in [-0.2, 0) is 13.0 Å². The van der Waals surface area contributed by atoms with Crippen LogP contribution >= 0.6 is 0 Å². The Kier molecular flexibility index (Phi) is 4.82. The summed E-state index contributed by atoms with van der Waals surface area (Å²) in [5.41, 5.74) is 4.49. The molecule has 4 unspecified atom stereocenters. The Morgan fingerprint density at radius 3 is 2.79 bits per heavy atom. The molecule has 2 aromatic carbocycles. The molecule has 2 aromatic rings. The van der Waals surface area contributed by atoms with E-state index in [2.05, 4.69) is 30.4 Å². The number of aryl methyl sites for hydroxylation is 1. The summed E-state index contributed by atoms with van der Waals surface area (Å²) in [6.45, 7) is 3.29. The van der Waals surface area contributed by atoms with E-state index >= 15 is 0 Å². The van der Waals surface area contributed by atoms with Gasteiger partial charge in [0.1, 0.15) is 11.5 Å². The maximum Gasteiger partial charge on any atom is 0.120 e. The van der Waals surface area contributed by atoms with E-state index in [4.69, 9.17) is 4.74 Å². The molecule has 3 nitrogen and oxygen atoms in total. The predicted molar refractivity (Wildman–Crippen MR) is 116 cm³/mol. The molecule has 29 heavy (non-hydrogen) atoms. The molecule has 2 fully saturated rings. The summed E-state index contributed by atoms with van der Waals surface area (Å²) in [4.78, 5) is 0. The molecule has 0 aliphatic heterocycles. The number of rotatable bonds is 4. The van der Waals surface area contributed by atoms with Crippen LogP contribution in [0.25, 0.3) is 0 Å². The highest BCUT2D eigenvalue weighted by molar-refractivity contribution is 5.41. The van der Waals surface area contributed by atoms with Gasteiger partial charge in [-0.15, -0.1) is 0 Å². The van der Waals surface area contributed by atoms with Crippen LogP contribution in [-0.4, -0.2) is 18.3 Å². The molecule has 2 N–H and O–H groups in total. The van der Waals surface area contributed by atoms with Gasteiger partial charge in [-0.3, -0.25) is 0 Å². The van der Waals surface area contributed by atoms with Crippen molar-refractivity contribution < 1.29 is 9.84 Å². The van der Waals surface area contributed by atoms with Gasteiger partial charge in [-0.2, -0.15) is 0 Å². The second kappa shape index (κ2) is 7.36. The van der Waals surface area contributed by atoms with Gasteiger partial charge in [0.25, 0.3) is 0 Å². The zero-order valence-electron chi connectivity index (χ0n) is 17.7. The van der Waals surface area contributed by atoms with Crippen molar-refractivity contribution >= 4 is 0 Å². The van der Waals surface area contributed by atoms with Gasteiger partial charge >= 0.3 is 0 Å². The van der Waals surface area contributed by atoms with Crippen molar-refractivity contribution in [2.24, 2.45) is 17.3 Å². The quantitative estimate of drug-likeness (QED) is 0.732. The molecule has 3 heteroatoms. The molecule has 3 aliphatic carbocycles. The number of fused-ring (bicyclic) bond motifs is 5. The molecule has 0 heterocycles. The summed E-state index contributed by atoms with van der Waals surface area (Å²) < 4.78 is 5.46. The Morgan fingerprint density at radius 1 is 1.10 bits per heavy atom. The Labute approximate surface area is 174 Å². The van der Waals surface area contributed by atoms with Crippen LogP contribution in [0.5, 0.6) is 11.5 Å². The van der Waals surface area contributed by atoms with Crippen LogP contribution in [0.1, 0.15) is 61.6 Å². The third-order valence-electron chi connectivity index (χ3n) is 8.46. The number of benzene rings is 2. The summed E-state index contributed by atoms with van der Waals surface area (Å²) in [5, 5.41) is 13.9. The summed E-state index contributed by atoms with van der Waals surface area (Å²) in [5.74, 6) is 3.74. The zero-order valence-corrected chi connectivity index (χ0v) is 17.7. The van der Waals surface area contributed by atoms with E-state index in [0.29, 0.717) is 17.2 Å². The average molecular weight is 392 g/mol. The number of hydrogen-bond donors (Lipinski definition) is 2. The summed E-state index contributed by atoms with van der Waals surface area (Å²) in [7, 11) is 1.76. The highest BCUT2D eigenvalue weighted by Crippen LogP contribution is 2.61. The SMILES string of the molecule is COc1ccc2c(c1)CCC1C2CCC2(C)C1CC[C@@H]2NCc1ccccc1O. The van der Waals surface area contributed by atoms with Gasteiger partial charge in [-0.1, -0.05) is 31.2 Å². The zero-order chi connectivity index (χ0) is 20.0. The van der Waals surface area contributed by atoms with Gasteiger partial charge in [0.2, 0.25) is 0 Å². The van der Waals surface area contributed by atoms with Crippen LogP contribution in [0.3, 0.4) is 0 Å². The highest BCUT2D eigenvalue weighted by atomic mass is 16.5. The average Bonchev–Trinajstić information content (AvgIpc) is 3.09. The molecule has 3 aliphatic rings. The van der Waals surface area contributed by atoms with Gasteiger partial charge in [0.15, 0.2) is 0 Å². The number of ether oxygens (including phenoxy) is 1. The number of aromatic hydroxyl groups is 1. The van der Waals surface area contributed by atoms with E-state index in [0.717, 1.165) is 35.6 Å². The summed E-state index contributed by atoms with van der Waals surface area (Å²) in [6, 6.07) is 15.0. The smallest absolute Gasteiger partial charge is 0.120 e. The van der Waals surface area contributed by atoms with Crippen molar-refractivity contribution in [3.05, 3.63) is 59.2 Å². The highest BCUT2D eigenvalue weighted by Gasteiger charge is 2.54. The third-order valence-corrected chi connectivity index (χ3v) is 8.46. The van der Waals surface area contributed by atoms with Gasteiger partial charge in [-0.05, 0) is 91.0 Å². The minimum absolute atomic E-state index is 0.371. The molecular weight excluding hydrogens is 358 g/mol. The predicted octanol–water partition coefficient (Wildman–Crippen LogP) is 5.42. The van der Waals surface area contributed by atoms with Crippen LogP contribution < -0.4 is 10.1 Å². The lowest BCUT2D eigenvalue weighted by atomic mass is 9.55. The minimum Gasteiger partial charge on any atom is -0.508 e. The fraction of sp³-hybridized carbons (Fsp3) is 0.538. The molecule has 154 valence electrons. The first kappa shape index (κ1) is 19.0. The van der Waals surface area contributed by atoms with Crippen LogP contribution in [0, 0.1) is 17.3 Å². The monoisotopic (exact) mass is 391 g/mol. The van der Waals surface area contributed by atoms with Crippen LogP contribution in [0.15, 0.2) is 42.5 Å². The Morgan fingerprint density at radius 2 is 1.97 bits per heavy atom. The summed E-state index contributed by atoms with van der Waals surface area (Å²) >= 11 is 0. The molecule has 0 aromatic heterocycles. The molecule has 5 rings (SSSR count). The molecule has 5 atom stereocenters. The lowest BCUT2D eigenvalue weighted by Crippen LogP contribution is -2.48. The van der Waals surface area contributed by atoms with Crippen molar-refractivity contribution in [2.75, 3.05) is 7.11 Å². The van der Waals surface area contributed by atoms with Crippen molar-refractivity contribution in [3.8, 4) is 11.5 Å². The Hall–Kier alpha value is -2.00. The first-order valence-corrected chi connectivity index (χ1v) is 11.3. The first-order valence-electron chi connectivity index (χ1n) is 11.3. The third kappa shape index (κ3) is 3.15. The topological polar surface area (TPSA) is 41.5 Å². The maximum absolute atomic E-state index is 10.1. The Balaban J connectivity index is 1.33. The molecule has 0 spiro atoms. The minimum atomic E-state index is 0.371. The second-order valence-electron chi connectivity index (χ2n) is 9.66. The van der Waals surface area contributed by atoms with Crippen LogP contribution in [0.4, 0.5) is 0 Å². The van der Waals surface area contributed by atoms with Crippen molar-refractivity contribution in [3.63, 3.8) is 0 Å². The molecule has 0 radical (unpaired) electrons. The van der Waals surface area contributed by atoms with E-state index in [9.17, 15) is 5.11 Å². The van der Waals surface area contributed by atoms with E-state index < -0.39 is 0 Å². The fourth-order valence-electron chi connectivity index (χ4n) is 6.91. The molecule has 0 saturated heterocycles.